The summed E-state index contributed by atoms with van der Waals surface area (Å²) in [6.07, 6.45) is 5.55. The molecular formula is C23H20ClF3N8O2S. The highest BCUT2D eigenvalue weighted by Gasteiger charge is 2.53. The molecule has 0 bridgehead atoms. The van der Waals surface area contributed by atoms with Crippen molar-refractivity contribution in [1.29, 1.82) is 0 Å². The number of rotatable bonds is 5. The molecule has 4 aromatic rings. The lowest BCUT2D eigenvalue weighted by molar-refractivity contribution is 0.00749. The van der Waals surface area contributed by atoms with Crippen LogP contribution in [-0.4, -0.2) is 62.7 Å². The van der Waals surface area contributed by atoms with Gasteiger partial charge in [-0.25, -0.2) is 24.3 Å². The summed E-state index contributed by atoms with van der Waals surface area (Å²) in [5.74, 6) is -3.83. The van der Waals surface area contributed by atoms with E-state index >= 15 is 0 Å². The SMILES string of the molecule is CC(F)(F)c1ncc(S(=O)(=O)n2nc(N3CCN(c4ncc(F)cn4)CC34CC4)c3c(Cl)cccc32)cn1. The Morgan fingerprint density at radius 1 is 1.03 bits per heavy atom. The third kappa shape index (κ3) is 4.02. The van der Waals surface area contributed by atoms with Crippen LogP contribution in [0.15, 0.2) is 47.9 Å². The maximum atomic E-state index is 13.6. The normalized spacial score (nSPS) is 17.4. The van der Waals surface area contributed by atoms with Crippen LogP contribution in [0.2, 0.25) is 5.02 Å². The first kappa shape index (κ1) is 24.8. The number of piperazine rings is 1. The molecule has 0 unspecified atom stereocenters. The maximum absolute atomic E-state index is 13.6. The molecule has 198 valence electrons. The van der Waals surface area contributed by atoms with Gasteiger partial charge in [0.1, 0.15) is 4.90 Å². The van der Waals surface area contributed by atoms with E-state index in [1.807, 2.05) is 9.80 Å². The van der Waals surface area contributed by atoms with Gasteiger partial charge < -0.3 is 9.80 Å². The van der Waals surface area contributed by atoms with Gasteiger partial charge in [0.2, 0.25) is 5.95 Å². The maximum Gasteiger partial charge on any atom is 0.303 e. The van der Waals surface area contributed by atoms with Gasteiger partial charge in [-0.3, -0.25) is 0 Å². The lowest BCUT2D eigenvalue weighted by atomic mass is 10.1. The Labute approximate surface area is 220 Å². The molecule has 1 aliphatic heterocycles. The summed E-state index contributed by atoms with van der Waals surface area (Å²) in [5, 5.41) is 5.27. The Kier molecular flexibility index (Phi) is 5.54. The van der Waals surface area contributed by atoms with Crippen molar-refractivity contribution in [3.05, 3.63) is 59.7 Å². The van der Waals surface area contributed by atoms with Crippen molar-refractivity contribution in [1.82, 2.24) is 29.1 Å². The lowest BCUT2D eigenvalue weighted by Crippen LogP contribution is -2.56. The van der Waals surface area contributed by atoms with E-state index in [0.29, 0.717) is 48.7 Å². The molecule has 1 saturated carbocycles. The zero-order valence-electron chi connectivity index (χ0n) is 19.9. The van der Waals surface area contributed by atoms with Gasteiger partial charge in [-0.1, -0.05) is 17.7 Å². The highest BCUT2D eigenvalue weighted by atomic mass is 35.5. The van der Waals surface area contributed by atoms with Gasteiger partial charge in [0, 0.05) is 26.6 Å². The van der Waals surface area contributed by atoms with Crippen LogP contribution in [0.4, 0.5) is 24.9 Å². The van der Waals surface area contributed by atoms with Crippen molar-refractivity contribution >= 4 is 44.3 Å². The minimum atomic E-state index is -4.35. The number of fused-ring (bicyclic) bond motifs is 1. The molecule has 0 amide bonds. The first-order chi connectivity index (χ1) is 18.0. The second-order valence-corrected chi connectivity index (χ2v) is 11.6. The van der Waals surface area contributed by atoms with E-state index in [1.54, 1.807) is 18.2 Å². The summed E-state index contributed by atoms with van der Waals surface area (Å²) in [6, 6.07) is 4.83. The number of hydrogen-bond donors (Lipinski definition) is 0. The van der Waals surface area contributed by atoms with Crippen molar-refractivity contribution in [2.24, 2.45) is 0 Å². The third-order valence-corrected chi connectivity index (χ3v) is 8.63. The van der Waals surface area contributed by atoms with Gasteiger partial charge in [-0.2, -0.15) is 21.3 Å². The van der Waals surface area contributed by atoms with Crippen LogP contribution in [0.25, 0.3) is 10.9 Å². The molecule has 10 nitrogen and oxygen atoms in total. The van der Waals surface area contributed by atoms with Crippen LogP contribution < -0.4 is 9.80 Å². The predicted molar refractivity (Wildman–Crippen MR) is 132 cm³/mol. The minimum absolute atomic E-state index is 0.234. The Balaban J connectivity index is 1.40. The standard InChI is InChI=1S/C23H20ClF3N8O2S/c1-22(26,27)20-28-11-15(12-29-20)38(36,37)35-17-4-2-3-16(24)18(17)19(32-35)34-8-7-33(13-23(34)5-6-23)21-30-9-14(25)10-31-21/h2-4,9-12H,5-8,13H2,1H3. The van der Waals surface area contributed by atoms with Gasteiger partial charge in [-0.15, -0.1) is 5.10 Å². The summed E-state index contributed by atoms with van der Waals surface area (Å²) >= 11 is 6.57. The summed E-state index contributed by atoms with van der Waals surface area (Å²) < 4.78 is 68.4. The predicted octanol–water partition coefficient (Wildman–Crippen LogP) is 3.62. The number of nitrogens with zero attached hydrogens (tertiary/aromatic N) is 8. The average Bonchev–Trinajstić information content (AvgIpc) is 3.52. The first-order valence-corrected chi connectivity index (χ1v) is 13.4. The van der Waals surface area contributed by atoms with Crippen molar-refractivity contribution in [2.45, 2.75) is 36.1 Å². The molecule has 3 aromatic heterocycles. The zero-order valence-corrected chi connectivity index (χ0v) is 21.5. The molecule has 15 heteroatoms. The highest BCUT2D eigenvalue weighted by molar-refractivity contribution is 7.90. The molecule has 1 spiro atoms. The second-order valence-electron chi connectivity index (χ2n) is 9.44. The van der Waals surface area contributed by atoms with E-state index in [9.17, 15) is 21.6 Å². The van der Waals surface area contributed by atoms with E-state index in [1.165, 1.54) is 0 Å². The van der Waals surface area contributed by atoms with Crippen molar-refractivity contribution in [2.75, 3.05) is 29.4 Å². The number of halogens is 4. The molecule has 1 saturated heterocycles. The van der Waals surface area contributed by atoms with Crippen LogP contribution >= 0.6 is 11.6 Å². The molecule has 6 rings (SSSR count). The van der Waals surface area contributed by atoms with Gasteiger partial charge >= 0.3 is 5.92 Å². The highest BCUT2D eigenvalue weighted by Crippen LogP contribution is 2.49. The topological polar surface area (TPSA) is 110 Å². The molecule has 0 N–H and O–H groups in total. The fraction of sp³-hybridized carbons (Fsp3) is 0.348. The van der Waals surface area contributed by atoms with Crippen molar-refractivity contribution in [3.8, 4) is 0 Å². The van der Waals surface area contributed by atoms with Gasteiger partial charge in [0.15, 0.2) is 17.5 Å². The van der Waals surface area contributed by atoms with E-state index in [2.05, 4.69) is 25.0 Å². The second kappa shape index (κ2) is 8.50. The lowest BCUT2D eigenvalue weighted by Gasteiger charge is -2.42. The van der Waals surface area contributed by atoms with E-state index in [-0.39, 0.29) is 16.0 Å². The van der Waals surface area contributed by atoms with Crippen LogP contribution in [0.1, 0.15) is 25.6 Å². The molecule has 38 heavy (non-hydrogen) atoms. The quantitative estimate of drug-likeness (QED) is 0.359. The summed E-state index contributed by atoms with van der Waals surface area (Å²) in [7, 11) is -4.35. The number of alkyl halides is 2. The zero-order chi connectivity index (χ0) is 26.9. The Morgan fingerprint density at radius 2 is 1.71 bits per heavy atom. The molecule has 2 fully saturated rings. The van der Waals surface area contributed by atoms with Crippen molar-refractivity contribution in [3.63, 3.8) is 0 Å². The molecule has 4 heterocycles. The summed E-state index contributed by atoms with van der Waals surface area (Å²) in [4.78, 5) is 18.9. The Morgan fingerprint density at radius 3 is 2.34 bits per heavy atom. The number of aromatic nitrogens is 6. The fourth-order valence-corrected chi connectivity index (χ4v) is 6.17. The summed E-state index contributed by atoms with van der Waals surface area (Å²) in [6.45, 7) is 2.10. The van der Waals surface area contributed by atoms with Crippen LogP contribution in [0.3, 0.4) is 0 Å². The number of anilines is 2. The smallest absolute Gasteiger partial charge is 0.303 e. The fourth-order valence-electron chi connectivity index (χ4n) is 4.75. The van der Waals surface area contributed by atoms with Gasteiger partial charge in [-0.05, 0) is 25.0 Å². The minimum Gasteiger partial charge on any atom is -0.345 e. The Hall–Kier alpha value is -3.52. The number of benzene rings is 1. The molecular weight excluding hydrogens is 545 g/mol. The first-order valence-electron chi connectivity index (χ1n) is 11.6. The van der Waals surface area contributed by atoms with E-state index in [0.717, 1.165) is 41.7 Å². The average molecular weight is 565 g/mol. The largest absolute Gasteiger partial charge is 0.345 e. The monoisotopic (exact) mass is 564 g/mol. The summed E-state index contributed by atoms with van der Waals surface area (Å²) in [5.41, 5.74) is -0.125. The van der Waals surface area contributed by atoms with Crippen LogP contribution in [0, 0.1) is 5.82 Å². The van der Waals surface area contributed by atoms with Gasteiger partial charge in [0.25, 0.3) is 10.0 Å². The van der Waals surface area contributed by atoms with Crippen molar-refractivity contribution < 1.29 is 21.6 Å². The molecule has 0 radical (unpaired) electrons. The molecule has 0 atom stereocenters. The van der Waals surface area contributed by atoms with Gasteiger partial charge in [0.05, 0.1) is 46.3 Å². The van der Waals surface area contributed by atoms with Crippen LogP contribution in [-0.2, 0) is 15.9 Å². The van der Waals surface area contributed by atoms with Crippen LogP contribution in [0.5, 0.6) is 0 Å². The van der Waals surface area contributed by atoms with E-state index in [4.69, 9.17) is 11.6 Å². The number of hydrogen-bond acceptors (Lipinski definition) is 9. The molecule has 2 aliphatic rings. The molecule has 1 aromatic carbocycles. The van der Waals surface area contributed by atoms with E-state index < -0.39 is 27.6 Å². The third-order valence-electron chi connectivity index (χ3n) is 6.78. The Bertz CT molecular complexity index is 1640. The molecule has 1 aliphatic carbocycles.